The maximum atomic E-state index is 12.6. The third-order valence-corrected chi connectivity index (χ3v) is 5.72. The van der Waals surface area contributed by atoms with Crippen molar-refractivity contribution in [2.75, 3.05) is 37.7 Å². The standard InChI is InChI=1S/C25H34N4O3/c1-5-32-22(31)13-12-21(30)28-14-9-15-29(17-16-28)25-23(18(2)3)19(4)26-24(27-25)20-10-7-6-8-11-20/h6-8,10-11,18H,5,9,12-17H2,1-4H3. The normalized spacial score (nSPS) is 14.4. The zero-order valence-corrected chi connectivity index (χ0v) is 19.6. The second-order valence-electron chi connectivity index (χ2n) is 8.42. The van der Waals surface area contributed by atoms with E-state index in [9.17, 15) is 9.59 Å². The van der Waals surface area contributed by atoms with E-state index in [1.807, 2.05) is 35.2 Å². The van der Waals surface area contributed by atoms with Gasteiger partial charge in [-0.05, 0) is 26.2 Å². The summed E-state index contributed by atoms with van der Waals surface area (Å²) < 4.78 is 4.94. The number of carbonyl (C=O) groups is 2. The van der Waals surface area contributed by atoms with Gasteiger partial charge in [0, 0.05) is 49.4 Å². The molecule has 32 heavy (non-hydrogen) atoms. The van der Waals surface area contributed by atoms with E-state index in [4.69, 9.17) is 14.7 Å². The lowest BCUT2D eigenvalue weighted by Gasteiger charge is -2.27. The summed E-state index contributed by atoms with van der Waals surface area (Å²) in [5, 5.41) is 0. The van der Waals surface area contributed by atoms with E-state index in [0.29, 0.717) is 32.2 Å². The lowest BCUT2D eigenvalue weighted by molar-refractivity contribution is -0.145. The van der Waals surface area contributed by atoms with E-state index in [1.165, 1.54) is 0 Å². The van der Waals surface area contributed by atoms with Crippen LogP contribution in [0.15, 0.2) is 30.3 Å². The van der Waals surface area contributed by atoms with Gasteiger partial charge in [0.2, 0.25) is 5.91 Å². The van der Waals surface area contributed by atoms with Crippen molar-refractivity contribution in [1.82, 2.24) is 14.9 Å². The highest BCUT2D eigenvalue weighted by atomic mass is 16.5. The van der Waals surface area contributed by atoms with Crippen LogP contribution in [-0.2, 0) is 14.3 Å². The zero-order valence-electron chi connectivity index (χ0n) is 19.6. The molecule has 1 aliphatic heterocycles. The third kappa shape index (κ3) is 5.84. The minimum atomic E-state index is -0.316. The van der Waals surface area contributed by atoms with Crippen molar-refractivity contribution in [3.05, 3.63) is 41.6 Å². The lowest BCUT2D eigenvalue weighted by Crippen LogP contribution is -2.36. The first kappa shape index (κ1) is 23.7. The molecular weight excluding hydrogens is 404 g/mol. The molecule has 0 unspecified atom stereocenters. The Hall–Kier alpha value is -2.96. The summed E-state index contributed by atoms with van der Waals surface area (Å²) in [6.07, 6.45) is 1.18. The predicted octanol–water partition coefficient (Wildman–Crippen LogP) is 3.96. The van der Waals surface area contributed by atoms with Gasteiger partial charge in [-0.1, -0.05) is 44.2 Å². The molecule has 0 atom stereocenters. The van der Waals surface area contributed by atoms with Crippen molar-refractivity contribution >= 4 is 17.7 Å². The van der Waals surface area contributed by atoms with E-state index in [-0.39, 0.29) is 24.7 Å². The number of carbonyl (C=O) groups excluding carboxylic acids is 2. The zero-order chi connectivity index (χ0) is 23.1. The van der Waals surface area contributed by atoms with E-state index in [2.05, 4.69) is 25.7 Å². The Balaban J connectivity index is 1.78. The highest BCUT2D eigenvalue weighted by Crippen LogP contribution is 2.31. The van der Waals surface area contributed by atoms with Gasteiger partial charge in [-0.15, -0.1) is 0 Å². The Morgan fingerprint density at radius 2 is 1.78 bits per heavy atom. The average Bonchev–Trinajstić information content (AvgIpc) is 3.04. The van der Waals surface area contributed by atoms with Gasteiger partial charge in [0.25, 0.3) is 0 Å². The highest BCUT2D eigenvalue weighted by Gasteiger charge is 2.25. The third-order valence-electron chi connectivity index (χ3n) is 5.72. The number of hydrogen-bond acceptors (Lipinski definition) is 6. The summed E-state index contributed by atoms with van der Waals surface area (Å²) in [6.45, 7) is 11.3. The molecule has 1 fully saturated rings. The maximum absolute atomic E-state index is 12.6. The summed E-state index contributed by atoms with van der Waals surface area (Å²) in [5.74, 6) is 1.68. The number of esters is 1. The van der Waals surface area contributed by atoms with Crippen LogP contribution in [0.2, 0.25) is 0 Å². The Bertz CT molecular complexity index is 930. The van der Waals surface area contributed by atoms with Gasteiger partial charge in [-0.25, -0.2) is 9.97 Å². The molecule has 2 heterocycles. The van der Waals surface area contributed by atoms with Crippen LogP contribution in [0.4, 0.5) is 5.82 Å². The van der Waals surface area contributed by atoms with Gasteiger partial charge in [-0.2, -0.15) is 0 Å². The lowest BCUT2D eigenvalue weighted by atomic mass is 10.0. The number of aryl methyl sites for hydroxylation is 1. The van der Waals surface area contributed by atoms with E-state index >= 15 is 0 Å². The van der Waals surface area contributed by atoms with E-state index in [0.717, 1.165) is 41.4 Å². The molecule has 7 heteroatoms. The van der Waals surface area contributed by atoms with Crippen molar-refractivity contribution in [3.8, 4) is 11.4 Å². The number of ether oxygens (including phenoxy) is 1. The summed E-state index contributed by atoms with van der Waals surface area (Å²) in [7, 11) is 0. The fourth-order valence-electron chi connectivity index (χ4n) is 4.18. The van der Waals surface area contributed by atoms with Crippen LogP contribution < -0.4 is 4.90 Å². The summed E-state index contributed by atoms with van der Waals surface area (Å²) >= 11 is 0. The first-order chi connectivity index (χ1) is 15.4. The fourth-order valence-corrected chi connectivity index (χ4v) is 4.18. The van der Waals surface area contributed by atoms with Crippen LogP contribution in [0.25, 0.3) is 11.4 Å². The summed E-state index contributed by atoms with van der Waals surface area (Å²) in [6, 6.07) is 10.0. The van der Waals surface area contributed by atoms with E-state index < -0.39 is 0 Å². The molecule has 0 bridgehead atoms. The molecule has 0 N–H and O–H groups in total. The van der Waals surface area contributed by atoms with Gasteiger partial charge >= 0.3 is 5.97 Å². The number of amides is 1. The van der Waals surface area contributed by atoms with Gasteiger partial charge in [-0.3, -0.25) is 9.59 Å². The smallest absolute Gasteiger partial charge is 0.306 e. The Morgan fingerprint density at radius 3 is 2.47 bits per heavy atom. The predicted molar refractivity (Wildman–Crippen MR) is 126 cm³/mol. The molecule has 1 aromatic carbocycles. The van der Waals surface area contributed by atoms with Gasteiger partial charge < -0.3 is 14.5 Å². The van der Waals surface area contributed by atoms with Crippen LogP contribution in [-0.4, -0.2) is 59.5 Å². The van der Waals surface area contributed by atoms with Crippen molar-refractivity contribution in [2.45, 2.75) is 52.9 Å². The minimum Gasteiger partial charge on any atom is -0.466 e. The van der Waals surface area contributed by atoms with Crippen LogP contribution in [0.3, 0.4) is 0 Å². The molecule has 0 aliphatic carbocycles. The van der Waals surface area contributed by atoms with Crippen LogP contribution in [0, 0.1) is 6.92 Å². The average molecular weight is 439 g/mol. The summed E-state index contributed by atoms with van der Waals surface area (Å²) in [4.78, 5) is 38.2. The molecule has 1 saturated heterocycles. The number of hydrogen-bond donors (Lipinski definition) is 0. The van der Waals surface area contributed by atoms with Gasteiger partial charge in [0.05, 0.1) is 13.0 Å². The molecule has 1 amide bonds. The highest BCUT2D eigenvalue weighted by molar-refractivity contribution is 5.81. The summed E-state index contributed by atoms with van der Waals surface area (Å²) in [5.41, 5.74) is 3.15. The second kappa shape index (κ2) is 11.1. The minimum absolute atomic E-state index is 0.00725. The molecular formula is C25H34N4O3. The van der Waals surface area contributed by atoms with Gasteiger partial charge in [0.15, 0.2) is 5.82 Å². The van der Waals surface area contributed by atoms with Gasteiger partial charge in [0.1, 0.15) is 5.82 Å². The molecule has 3 rings (SSSR count). The number of anilines is 1. The van der Waals surface area contributed by atoms with Crippen molar-refractivity contribution in [2.24, 2.45) is 0 Å². The second-order valence-corrected chi connectivity index (χ2v) is 8.42. The molecule has 0 radical (unpaired) electrons. The largest absolute Gasteiger partial charge is 0.466 e. The molecule has 0 saturated carbocycles. The maximum Gasteiger partial charge on any atom is 0.306 e. The Labute approximate surface area is 190 Å². The fraction of sp³-hybridized carbons (Fsp3) is 0.520. The molecule has 0 spiro atoms. The number of rotatable bonds is 7. The SMILES string of the molecule is CCOC(=O)CCC(=O)N1CCCN(c2nc(-c3ccccc3)nc(C)c2C(C)C)CC1. The topological polar surface area (TPSA) is 75.6 Å². The number of benzene rings is 1. The quantitative estimate of drug-likeness (QED) is 0.609. The van der Waals surface area contributed by atoms with Crippen LogP contribution >= 0.6 is 0 Å². The van der Waals surface area contributed by atoms with Crippen LogP contribution in [0.5, 0.6) is 0 Å². The molecule has 172 valence electrons. The van der Waals surface area contributed by atoms with Crippen LogP contribution in [0.1, 0.15) is 57.2 Å². The number of nitrogens with zero attached hydrogens (tertiary/aromatic N) is 4. The monoisotopic (exact) mass is 438 g/mol. The Morgan fingerprint density at radius 1 is 1.03 bits per heavy atom. The van der Waals surface area contributed by atoms with Crippen molar-refractivity contribution < 1.29 is 14.3 Å². The van der Waals surface area contributed by atoms with Crippen molar-refractivity contribution in [1.29, 1.82) is 0 Å². The first-order valence-corrected chi connectivity index (χ1v) is 11.5. The molecule has 1 aromatic heterocycles. The van der Waals surface area contributed by atoms with E-state index in [1.54, 1.807) is 6.92 Å². The van der Waals surface area contributed by atoms with Crippen molar-refractivity contribution in [3.63, 3.8) is 0 Å². The Kier molecular flexibility index (Phi) is 8.20. The first-order valence-electron chi connectivity index (χ1n) is 11.5. The molecule has 1 aliphatic rings. The molecule has 7 nitrogen and oxygen atoms in total. The molecule has 2 aromatic rings. The number of aromatic nitrogens is 2.